The molecule has 9 heteroatoms. The highest BCUT2D eigenvalue weighted by atomic mass is 32.2. The number of β-amino-alcohol motifs (C(OH)–C–C–N with tert-alkyl or cyclic N) is 1. The Morgan fingerprint density at radius 2 is 1.83 bits per heavy atom. The van der Waals surface area contributed by atoms with E-state index >= 15 is 0 Å². The number of nitrogens with zero attached hydrogens (tertiary/aromatic N) is 2. The molecule has 0 aromatic heterocycles. The summed E-state index contributed by atoms with van der Waals surface area (Å²) >= 11 is 0. The number of piperidine rings is 1. The molecule has 2 N–H and O–H groups in total. The third kappa shape index (κ3) is 6.07. The molecular formula is C27H36FN3O4S. The number of rotatable bonds is 7. The van der Waals surface area contributed by atoms with E-state index in [2.05, 4.69) is 26.7 Å². The van der Waals surface area contributed by atoms with Crippen LogP contribution in [0.1, 0.15) is 62.3 Å². The molecule has 0 amide bonds. The van der Waals surface area contributed by atoms with Gasteiger partial charge in [-0.15, -0.1) is 4.40 Å². The molecule has 4 rings (SSSR count). The highest BCUT2D eigenvalue weighted by Gasteiger charge is 2.46. The minimum absolute atomic E-state index is 0.116. The van der Waals surface area contributed by atoms with E-state index in [1.54, 1.807) is 39.0 Å². The molecule has 1 fully saturated rings. The van der Waals surface area contributed by atoms with Crippen LogP contribution in [0.3, 0.4) is 0 Å². The molecule has 0 radical (unpaired) electrons. The lowest BCUT2D eigenvalue weighted by atomic mass is 9.88. The first-order chi connectivity index (χ1) is 17.1. The average Bonchev–Trinajstić information content (AvgIpc) is 2.82. The Morgan fingerprint density at radius 3 is 2.44 bits per heavy atom. The maximum absolute atomic E-state index is 14.1. The van der Waals surface area contributed by atoms with Gasteiger partial charge in [-0.05, 0) is 76.2 Å². The molecule has 0 spiro atoms. The van der Waals surface area contributed by atoms with Gasteiger partial charge in [-0.3, -0.25) is 0 Å². The van der Waals surface area contributed by atoms with Crippen LogP contribution in [0.5, 0.6) is 0 Å². The predicted octanol–water partition coefficient (Wildman–Crippen LogP) is 3.75. The number of amidine groups is 1. The molecule has 1 unspecified atom stereocenters. The van der Waals surface area contributed by atoms with Gasteiger partial charge in [0.05, 0.1) is 12.6 Å². The Kier molecular flexibility index (Phi) is 8.02. The first kappa shape index (κ1) is 26.6. The van der Waals surface area contributed by atoms with E-state index in [0.29, 0.717) is 11.5 Å². The third-order valence-electron chi connectivity index (χ3n) is 7.29. The first-order valence-electron chi connectivity index (χ1n) is 12.5. The van der Waals surface area contributed by atoms with Crippen molar-refractivity contribution in [2.45, 2.75) is 62.8 Å². The summed E-state index contributed by atoms with van der Waals surface area (Å²) in [6.07, 6.45) is 2.38. The average molecular weight is 518 g/mol. The lowest BCUT2D eigenvalue weighted by molar-refractivity contribution is 0.0769. The standard InChI is InChI=1S/C27H36FN3O4S/c1-19(23-6-4-5-7-24(23)28)29-26-30-36(33,34)25(27(2,3)35-26)18-20-8-10-21(11-9-20)22-12-14-31(15-13-22)16-17-32/h4-11,19,22,25,32H,12-18H2,1-3H3,(H,29,30)/t19-,25?/m0/s1. The van der Waals surface area contributed by atoms with Crippen molar-refractivity contribution in [3.05, 3.63) is 71.0 Å². The van der Waals surface area contributed by atoms with Crippen molar-refractivity contribution < 1.29 is 22.7 Å². The van der Waals surface area contributed by atoms with E-state index in [4.69, 9.17) is 9.84 Å². The normalized spacial score (nSPS) is 22.9. The molecule has 1 saturated heterocycles. The van der Waals surface area contributed by atoms with Crippen LogP contribution in [0, 0.1) is 5.82 Å². The maximum Gasteiger partial charge on any atom is 0.301 e. The minimum atomic E-state index is -3.88. The summed E-state index contributed by atoms with van der Waals surface area (Å²) in [7, 11) is -3.88. The summed E-state index contributed by atoms with van der Waals surface area (Å²) in [6, 6.07) is 13.9. The molecule has 2 aliphatic heterocycles. The molecule has 2 atom stereocenters. The van der Waals surface area contributed by atoms with Crippen LogP contribution >= 0.6 is 0 Å². The quantitative estimate of drug-likeness (QED) is 0.581. The van der Waals surface area contributed by atoms with Crippen LogP contribution in [0.4, 0.5) is 4.39 Å². The Labute approximate surface area is 213 Å². The number of hydrogen-bond donors (Lipinski definition) is 2. The zero-order valence-corrected chi connectivity index (χ0v) is 22.0. The van der Waals surface area contributed by atoms with E-state index in [9.17, 15) is 12.8 Å². The van der Waals surface area contributed by atoms with Crippen LogP contribution in [0.25, 0.3) is 0 Å². The zero-order chi connectivity index (χ0) is 25.9. The summed E-state index contributed by atoms with van der Waals surface area (Å²) in [5.74, 6) is 0.0925. The van der Waals surface area contributed by atoms with Gasteiger partial charge >= 0.3 is 6.02 Å². The molecule has 0 saturated carbocycles. The Hall–Kier alpha value is -2.49. The summed E-state index contributed by atoms with van der Waals surface area (Å²) in [5, 5.41) is 11.2. The molecule has 196 valence electrons. The number of sulfonamides is 1. The van der Waals surface area contributed by atoms with E-state index in [-0.39, 0.29) is 24.9 Å². The topological polar surface area (TPSA) is 91.2 Å². The fourth-order valence-electron chi connectivity index (χ4n) is 5.14. The van der Waals surface area contributed by atoms with Gasteiger partial charge in [-0.1, -0.05) is 42.5 Å². The van der Waals surface area contributed by atoms with Crippen LogP contribution in [0.2, 0.25) is 0 Å². The van der Waals surface area contributed by atoms with Crippen LogP contribution in [0.15, 0.2) is 52.9 Å². The number of hydrogen-bond acceptors (Lipinski definition) is 6. The van der Waals surface area contributed by atoms with Crippen LogP contribution < -0.4 is 5.32 Å². The monoisotopic (exact) mass is 517 g/mol. The number of aliphatic hydroxyl groups excluding tert-OH is 1. The second-order valence-electron chi connectivity index (χ2n) is 10.3. The lowest BCUT2D eigenvalue weighted by Gasteiger charge is -2.37. The summed E-state index contributed by atoms with van der Waals surface area (Å²) in [5.41, 5.74) is 1.54. The molecule has 7 nitrogen and oxygen atoms in total. The highest BCUT2D eigenvalue weighted by Crippen LogP contribution is 2.32. The maximum atomic E-state index is 14.1. The van der Waals surface area contributed by atoms with Gasteiger partial charge < -0.3 is 20.1 Å². The van der Waals surface area contributed by atoms with Gasteiger partial charge in [0.15, 0.2) is 0 Å². The van der Waals surface area contributed by atoms with Gasteiger partial charge in [0.1, 0.15) is 16.7 Å². The third-order valence-corrected chi connectivity index (χ3v) is 9.17. The van der Waals surface area contributed by atoms with Gasteiger partial charge in [0.25, 0.3) is 10.0 Å². The fourth-order valence-corrected chi connectivity index (χ4v) is 6.76. The number of likely N-dealkylation sites (tertiary alicyclic amines) is 1. The molecule has 36 heavy (non-hydrogen) atoms. The van der Waals surface area contributed by atoms with Crippen molar-refractivity contribution in [3.63, 3.8) is 0 Å². The van der Waals surface area contributed by atoms with E-state index in [1.165, 1.54) is 11.6 Å². The second kappa shape index (κ2) is 10.9. The van der Waals surface area contributed by atoms with Crippen molar-refractivity contribution in [1.29, 1.82) is 0 Å². The summed E-state index contributed by atoms with van der Waals surface area (Å²) < 4.78 is 50.4. The molecule has 2 heterocycles. The molecule has 2 aromatic rings. The van der Waals surface area contributed by atoms with Crippen LogP contribution in [-0.2, 0) is 21.2 Å². The first-order valence-corrected chi connectivity index (χ1v) is 14.0. The van der Waals surface area contributed by atoms with Crippen molar-refractivity contribution in [2.75, 3.05) is 26.2 Å². The summed E-state index contributed by atoms with van der Waals surface area (Å²) in [6.45, 7) is 8.08. The molecule has 2 aliphatic rings. The Balaban J connectivity index is 1.44. The Bertz CT molecular complexity index is 1180. The SMILES string of the molecule is C[C@H](NC1=NS(=O)(=O)C(Cc2ccc(C3CCN(CCO)CC3)cc2)C(C)(C)O1)c1ccccc1F. The molecule has 2 aromatic carbocycles. The van der Waals surface area contributed by atoms with Crippen molar-refractivity contribution in [2.24, 2.45) is 4.40 Å². The number of nitrogens with one attached hydrogen (secondary N) is 1. The van der Waals surface area contributed by atoms with Crippen molar-refractivity contribution in [1.82, 2.24) is 10.2 Å². The lowest BCUT2D eigenvalue weighted by Crippen LogP contribution is -2.52. The second-order valence-corrected chi connectivity index (χ2v) is 12.1. The zero-order valence-electron chi connectivity index (χ0n) is 21.2. The fraction of sp³-hybridized carbons (Fsp3) is 0.519. The largest absolute Gasteiger partial charge is 0.457 e. The van der Waals surface area contributed by atoms with Gasteiger partial charge in [-0.25, -0.2) is 12.8 Å². The number of ether oxygens (including phenoxy) is 1. The number of benzene rings is 2. The van der Waals surface area contributed by atoms with Gasteiger partial charge in [0.2, 0.25) is 0 Å². The summed E-state index contributed by atoms with van der Waals surface area (Å²) in [4.78, 5) is 2.28. The Morgan fingerprint density at radius 1 is 1.17 bits per heavy atom. The number of halogens is 1. The molecule has 0 aliphatic carbocycles. The highest BCUT2D eigenvalue weighted by molar-refractivity contribution is 7.91. The van der Waals surface area contributed by atoms with Crippen molar-refractivity contribution >= 4 is 16.0 Å². The predicted molar refractivity (Wildman–Crippen MR) is 139 cm³/mol. The van der Waals surface area contributed by atoms with E-state index in [1.807, 2.05) is 12.1 Å². The van der Waals surface area contributed by atoms with E-state index in [0.717, 1.165) is 38.0 Å². The van der Waals surface area contributed by atoms with Gasteiger partial charge in [-0.2, -0.15) is 0 Å². The van der Waals surface area contributed by atoms with Gasteiger partial charge in [0, 0.05) is 12.1 Å². The molecular weight excluding hydrogens is 481 g/mol. The molecule has 0 bridgehead atoms. The van der Waals surface area contributed by atoms with E-state index < -0.39 is 26.9 Å². The number of aliphatic hydroxyl groups is 1. The smallest absolute Gasteiger partial charge is 0.301 e. The minimum Gasteiger partial charge on any atom is -0.457 e. The van der Waals surface area contributed by atoms with Crippen LogP contribution in [-0.4, -0.2) is 61.5 Å². The van der Waals surface area contributed by atoms with Crippen molar-refractivity contribution in [3.8, 4) is 0 Å².